The Morgan fingerprint density at radius 1 is 0.875 bits per heavy atom. The van der Waals surface area contributed by atoms with E-state index in [4.69, 9.17) is 16.3 Å². The van der Waals surface area contributed by atoms with Gasteiger partial charge in [0.05, 0.1) is 50.0 Å². The van der Waals surface area contributed by atoms with Crippen LogP contribution >= 0.6 is 23.4 Å². The van der Waals surface area contributed by atoms with E-state index in [9.17, 15) is 35.7 Å². The average molecular weight is 839 g/mol. The molecule has 0 aromatic heterocycles. The minimum Gasteiger partial charge on any atom is -0.748 e. The lowest BCUT2D eigenvalue weighted by atomic mass is 9.70. The Balaban J connectivity index is 0.000000295. The Morgan fingerprint density at radius 2 is 1.45 bits per heavy atom. The van der Waals surface area contributed by atoms with Crippen LogP contribution in [0.25, 0.3) is 0 Å². The number of hydrogen-bond acceptors (Lipinski definition) is 7. The summed E-state index contributed by atoms with van der Waals surface area (Å²) in [4.78, 5) is 29.4. The molecule has 2 saturated carbocycles. The van der Waals surface area contributed by atoms with Crippen LogP contribution in [0.4, 0.5) is 13.2 Å². The fourth-order valence-electron chi connectivity index (χ4n) is 7.62. The number of alkyl halides is 3. The third-order valence-electron chi connectivity index (χ3n) is 10.8. The molecule has 0 saturated heterocycles. The van der Waals surface area contributed by atoms with E-state index in [2.05, 4.69) is 0 Å². The highest BCUT2D eigenvalue weighted by Crippen LogP contribution is 2.64. The van der Waals surface area contributed by atoms with Crippen LogP contribution < -0.4 is 4.74 Å². The Labute approximate surface area is 336 Å². The Kier molecular flexibility index (Phi) is 12.2. The second-order valence-electron chi connectivity index (χ2n) is 14.3. The first kappa shape index (κ1) is 41.6. The van der Waals surface area contributed by atoms with Crippen molar-refractivity contribution in [1.82, 2.24) is 0 Å². The van der Waals surface area contributed by atoms with E-state index in [-0.39, 0.29) is 22.9 Å². The highest BCUT2D eigenvalue weighted by atomic mass is 35.5. The average Bonchev–Trinajstić information content (AvgIpc) is 3.50. The number of methoxy groups -OCH3 is 1. The van der Waals surface area contributed by atoms with Crippen LogP contribution in [0.2, 0.25) is 5.02 Å². The first-order valence-corrected chi connectivity index (χ1v) is 21.6. The molecular weight excluding hydrogens is 801 g/mol. The number of carbonyl (C=O) groups excluding carboxylic acids is 2. The molecule has 5 aromatic carbocycles. The molecule has 3 unspecified atom stereocenters. The molecule has 13 heteroatoms. The van der Waals surface area contributed by atoms with Gasteiger partial charge in [-0.1, -0.05) is 73.6 Å². The summed E-state index contributed by atoms with van der Waals surface area (Å²) in [7, 11) is -3.41. The normalized spacial score (nSPS) is 19.2. The maximum absolute atomic E-state index is 13.3. The van der Waals surface area contributed by atoms with Gasteiger partial charge in [-0.15, -0.1) is 0 Å². The van der Waals surface area contributed by atoms with E-state index >= 15 is 0 Å². The minimum absolute atomic E-state index is 0.0248. The summed E-state index contributed by atoms with van der Waals surface area (Å²) in [6.07, 6.45) is -2.53. The van der Waals surface area contributed by atoms with E-state index in [1.54, 1.807) is 25.3 Å². The number of ether oxygens (including phenoxy) is 1. The van der Waals surface area contributed by atoms with Crippen LogP contribution in [0.15, 0.2) is 146 Å². The largest absolute Gasteiger partial charge is 0.748 e. The van der Waals surface area contributed by atoms with Gasteiger partial charge in [0.15, 0.2) is 20.5 Å². The molecule has 0 aliphatic heterocycles. The molecule has 6 nitrogen and oxygen atoms in total. The molecule has 0 spiro atoms. The van der Waals surface area contributed by atoms with Crippen LogP contribution in [0.5, 0.6) is 5.75 Å². The number of halogens is 4. The smallest absolute Gasteiger partial charge is 0.416 e. The summed E-state index contributed by atoms with van der Waals surface area (Å²) in [5, 5.41) is 0.379. The molecule has 3 atom stereocenters. The highest BCUT2D eigenvalue weighted by Gasteiger charge is 2.64. The fraction of sp³-hybridized carbons (Fsp3) is 0.256. The van der Waals surface area contributed by atoms with Crippen molar-refractivity contribution in [1.29, 1.82) is 0 Å². The Bertz CT molecular complexity index is 2320. The van der Waals surface area contributed by atoms with Gasteiger partial charge in [0, 0.05) is 27.2 Å². The summed E-state index contributed by atoms with van der Waals surface area (Å²) in [6, 6.07) is 35.1. The number of benzene rings is 5. The second kappa shape index (κ2) is 16.4. The maximum atomic E-state index is 13.3. The van der Waals surface area contributed by atoms with E-state index in [1.165, 1.54) is 23.9 Å². The molecule has 2 aliphatic rings. The zero-order valence-corrected chi connectivity index (χ0v) is 33.8. The summed E-state index contributed by atoms with van der Waals surface area (Å²) in [6.45, 7) is 3.83. The predicted molar refractivity (Wildman–Crippen MR) is 212 cm³/mol. The van der Waals surface area contributed by atoms with Gasteiger partial charge in [0.2, 0.25) is 0 Å². The van der Waals surface area contributed by atoms with Gasteiger partial charge in [-0.2, -0.15) is 13.2 Å². The molecule has 0 N–H and O–H groups in total. The van der Waals surface area contributed by atoms with Crippen molar-refractivity contribution < 1.29 is 40.5 Å². The van der Waals surface area contributed by atoms with Crippen LogP contribution in [0.3, 0.4) is 0 Å². The van der Waals surface area contributed by atoms with Crippen LogP contribution in [-0.4, -0.2) is 37.4 Å². The van der Waals surface area contributed by atoms with E-state index in [0.717, 1.165) is 43.0 Å². The van der Waals surface area contributed by atoms with Crippen molar-refractivity contribution in [2.24, 2.45) is 16.7 Å². The van der Waals surface area contributed by atoms with E-state index < -0.39 is 43.9 Å². The molecule has 2 fully saturated rings. The van der Waals surface area contributed by atoms with Crippen LogP contribution in [0, 0.1) is 16.7 Å². The van der Waals surface area contributed by atoms with Gasteiger partial charge in [0.1, 0.15) is 11.5 Å². The van der Waals surface area contributed by atoms with E-state index in [1.807, 2.05) is 92.7 Å². The maximum Gasteiger partial charge on any atom is 0.416 e. The van der Waals surface area contributed by atoms with Crippen LogP contribution in [0.1, 0.15) is 54.6 Å². The molecule has 7 rings (SSSR count). The highest BCUT2D eigenvalue weighted by molar-refractivity contribution is 7.99. The molecule has 292 valence electrons. The number of fused-ring (bicyclic) bond motifs is 2. The van der Waals surface area contributed by atoms with Crippen molar-refractivity contribution in [3.05, 3.63) is 143 Å². The molecule has 0 radical (unpaired) electrons. The van der Waals surface area contributed by atoms with Gasteiger partial charge in [-0.25, -0.2) is 8.42 Å². The standard InChI is InChI=1S/C33H23ClF3O2S2.C10H16O4S/c1-39-24-12-18-27(19-13-24)41(26-16-10-23(11-17-26)33(35,36)37)28-20-14-25(15-21-28)40-30-9-5-8-29(34)31(30)32(38)22-6-3-2-4-7-22;1-9(2)7-3-4-10(9,8(11)5-7)6-15(12,13)14/h2-21H,1H3;7H,3-6H2,1-2H3,(H,12,13,14)/q+1;/p-1. The summed E-state index contributed by atoms with van der Waals surface area (Å²) in [5.74, 6) is 0.259. The third kappa shape index (κ3) is 8.74. The molecule has 56 heavy (non-hydrogen) atoms. The lowest BCUT2D eigenvalue weighted by molar-refractivity contribution is -0.137. The number of ketones is 2. The Morgan fingerprint density at radius 3 is 1.95 bits per heavy atom. The fourth-order valence-corrected chi connectivity index (χ4v) is 12.2. The van der Waals surface area contributed by atoms with Gasteiger partial charge >= 0.3 is 6.18 Å². The SMILES string of the molecule is CC1(C)C2CCC1(CS(=O)(=O)[O-])C(=O)C2.COc1ccc([S+](c2ccc(Sc3cccc(Cl)c3C(=O)c3ccccc3)cc2)c2ccc(C(F)(F)F)cc2)cc1. The molecule has 5 aromatic rings. The second-order valence-corrected chi connectivity index (χ2v) is 19.2. The predicted octanol–water partition coefficient (Wildman–Crippen LogP) is 10.8. The third-order valence-corrected chi connectivity index (χ3v) is 15.3. The van der Waals surface area contributed by atoms with Crippen LogP contribution in [-0.2, 0) is 32.0 Å². The zero-order chi connectivity index (χ0) is 40.5. The van der Waals surface area contributed by atoms with Crippen molar-refractivity contribution in [3.63, 3.8) is 0 Å². The molecular formula is C43H38ClF3O6S3. The van der Waals surface area contributed by atoms with Gasteiger partial charge < -0.3 is 9.29 Å². The number of Topliss-reactive ketones (excluding diaryl/α,β-unsaturated/α-hetero) is 1. The van der Waals surface area contributed by atoms with Crippen molar-refractivity contribution in [3.8, 4) is 5.75 Å². The quantitative estimate of drug-likeness (QED) is 0.0784. The van der Waals surface area contributed by atoms with Gasteiger partial charge in [-0.05, 0) is 109 Å². The first-order valence-electron chi connectivity index (χ1n) is 17.6. The van der Waals surface area contributed by atoms with Crippen molar-refractivity contribution in [2.75, 3.05) is 12.9 Å². The number of rotatable bonds is 10. The Hall–Kier alpha value is -4.07. The van der Waals surface area contributed by atoms with Gasteiger partial charge in [-0.3, -0.25) is 9.59 Å². The lowest BCUT2D eigenvalue weighted by Gasteiger charge is -2.37. The molecule has 2 aliphatic carbocycles. The molecule has 0 heterocycles. The minimum atomic E-state index is -4.41. The summed E-state index contributed by atoms with van der Waals surface area (Å²) in [5.41, 5.74) is -0.913. The summed E-state index contributed by atoms with van der Waals surface area (Å²) < 4.78 is 77.7. The summed E-state index contributed by atoms with van der Waals surface area (Å²) >= 11 is 7.92. The van der Waals surface area contributed by atoms with Crippen molar-refractivity contribution >= 4 is 55.9 Å². The lowest BCUT2D eigenvalue weighted by Crippen LogP contribution is -2.42. The zero-order valence-electron chi connectivity index (χ0n) is 30.6. The molecule has 2 bridgehead atoms. The van der Waals surface area contributed by atoms with Gasteiger partial charge in [0.25, 0.3) is 0 Å². The number of hydrogen-bond donors (Lipinski definition) is 0. The van der Waals surface area contributed by atoms with E-state index in [0.29, 0.717) is 34.7 Å². The molecule has 0 amide bonds. The first-order chi connectivity index (χ1) is 26.4. The number of carbonyl (C=O) groups is 2. The van der Waals surface area contributed by atoms with Crippen molar-refractivity contribution in [2.45, 2.75) is 63.8 Å². The monoisotopic (exact) mass is 838 g/mol. The topological polar surface area (TPSA) is 101 Å².